The molecule has 0 heterocycles. The first-order valence-electron chi connectivity index (χ1n) is 5.49. The van der Waals surface area contributed by atoms with E-state index in [9.17, 15) is 4.79 Å². The van der Waals surface area contributed by atoms with Gasteiger partial charge in [-0.1, -0.05) is 29.3 Å². The molecule has 0 aliphatic carbocycles. The van der Waals surface area contributed by atoms with Crippen LogP contribution in [0.3, 0.4) is 0 Å². The maximum atomic E-state index is 12.1. The molecule has 0 radical (unpaired) electrons. The molecule has 0 spiro atoms. The van der Waals surface area contributed by atoms with E-state index < -0.39 is 0 Å². The summed E-state index contributed by atoms with van der Waals surface area (Å²) >= 11 is 15.2. The zero-order valence-corrected chi connectivity index (χ0v) is 13.1. The fourth-order valence-electron chi connectivity index (χ4n) is 1.61. The van der Waals surface area contributed by atoms with Crippen molar-refractivity contribution in [3.05, 3.63) is 62.0 Å². The fourth-order valence-corrected chi connectivity index (χ4v) is 2.49. The van der Waals surface area contributed by atoms with E-state index in [1.165, 1.54) is 0 Å². The number of rotatable bonds is 2. The molecule has 0 saturated carbocycles. The predicted molar refractivity (Wildman–Crippen MR) is 83.3 cm³/mol. The van der Waals surface area contributed by atoms with Gasteiger partial charge in [0.2, 0.25) is 0 Å². The molecule has 5 heteroatoms. The van der Waals surface area contributed by atoms with E-state index in [1.807, 2.05) is 25.1 Å². The highest BCUT2D eigenvalue weighted by molar-refractivity contribution is 9.10. The zero-order valence-electron chi connectivity index (χ0n) is 10.0. The van der Waals surface area contributed by atoms with Crippen molar-refractivity contribution >= 4 is 50.7 Å². The maximum absolute atomic E-state index is 12.1. The quantitative estimate of drug-likeness (QED) is 0.773. The van der Waals surface area contributed by atoms with Gasteiger partial charge in [0.05, 0.1) is 5.69 Å². The van der Waals surface area contributed by atoms with Crippen LogP contribution in [0.15, 0.2) is 40.9 Å². The lowest BCUT2D eigenvalue weighted by Gasteiger charge is -2.09. The van der Waals surface area contributed by atoms with Gasteiger partial charge >= 0.3 is 0 Å². The molecule has 0 aliphatic heterocycles. The highest BCUT2D eigenvalue weighted by atomic mass is 79.9. The van der Waals surface area contributed by atoms with E-state index in [0.717, 1.165) is 10.0 Å². The van der Waals surface area contributed by atoms with E-state index in [4.69, 9.17) is 23.2 Å². The van der Waals surface area contributed by atoms with Gasteiger partial charge in [-0.15, -0.1) is 0 Å². The van der Waals surface area contributed by atoms with Gasteiger partial charge in [-0.05, 0) is 58.7 Å². The SMILES string of the molecule is Cc1ccc(Br)c(NC(=O)c2cc(Cl)cc(Cl)c2)c1. The molecule has 1 N–H and O–H groups in total. The van der Waals surface area contributed by atoms with Crippen molar-refractivity contribution < 1.29 is 4.79 Å². The van der Waals surface area contributed by atoms with Crippen molar-refractivity contribution in [2.45, 2.75) is 6.92 Å². The van der Waals surface area contributed by atoms with Gasteiger partial charge in [0.25, 0.3) is 5.91 Å². The van der Waals surface area contributed by atoms with E-state index in [2.05, 4.69) is 21.2 Å². The molecule has 0 atom stereocenters. The summed E-state index contributed by atoms with van der Waals surface area (Å²) in [6.45, 7) is 1.96. The van der Waals surface area contributed by atoms with E-state index >= 15 is 0 Å². The summed E-state index contributed by atoms with van der Waals surface area (Å²) in [6, 6.07) is 10.5. The van der Waals surface area contributed by atoms with Crippen molar-refractivity contribution in [1.29, 1.82) is 0 Å². The third-order valence-corrected chi connectivity index (χ3v) is 3.62. The van der Waals surface area contributed by atoms with Crippen molar-refractivity contribution in [3.8, 4) is 0 Å². The van der Waals surface area contributed by atoms with Crippen LogP contribution in [0, 0.1) is 6.92 Å². The minimum Gasteiger partial charge on any atom is -0.321 e. The Morgan fingerprint density at radius 2 is 1.74 bits per heavy atom. The summed E-state index contributed by atoms with van der Waals surface area (Å²) in [7, 11) is 0. The average Bonchev–Trinajstić information content (AvgIpc) is 2.32. The van der Waals surface area contributed by atoms with Crippen molar-refractivity contribution in [2.75, 3.05) is 5.32 Å². The van der Waals surface area contributed by atoms with Crippen LogP contribution in [-0.4, -0.2) is 5.91 Å². The Morgan fingerprint density at radius 1 is 1.11 bits per heavy atom. The number of hydrogen-bond donors (Lipinski definition) is 1. The lowest BCUT2D eigenvalue weighted by molar-refractivity contribution is 0.102. The summed E-state index contributed by atoms with van der Waals surface area (Å²) in [5.74, 6) is -0.254. The fraction of sp³-hybridized carbons (Fsp3) is 0.0714. The second kappa shape index (κ2) is 5.95. The molecule has 2 aromatic carbocycles. The minimum absolute atomic E-state index is 0.254. The van der Waals surface area contributed by atoms with Crippen molar-refractivity contribution in [1.82, 2.24) is 0 Å². The summed E-state index contributed by atoms with van der Waals surface area (Å²) in [6.07, 6.45) is 0. The van der Waals surface area contributed by atoms with Gasteiger partial charge in [0, 0.05) is 20.1 Å². The van der Waals surface area contributed by atoms with Gasteiger partial charge in [0.15, 0.2) is 0 Å². The monoisotopic (exact) mass is 357 g/mol. The first-order chi connectivity index (χ1) is 8.95. The molecule has 1 amide bonds. The number of hydrogen-bond acceptors (Lipinski definition) is 1. The molecule has 0 saturated heterocycles. The molecular formula is C14H10BrCl2NO. The maximum Gasteiger partial charge on any atom is 0.255 e. The van der Waals surface area contributed by atoms with Crippen LogP contribution in [-0.2, 0) is 0 Å². The topological polar surface area (TPSA) is 29.1 Å². The van der Waals surface area contributed by atoms with Crippen LogP contribution in [0.2, 0.25) is 10.0 Å². The third kappa shape index (κ3) is 3.72. The van der Waals surface area contributed by atoms with Crippen LogP contribution < -0.4 is 5.32 Å². The number of aryl methyl sites for hydroxylation is 1. The minimum atomic E-state index is -0.254. The lowest BCUT2D eigenvalue weighted by atomic mass is 10.2. The Kier molecular flexibility index (Phi) is 4.50. The van der Waals surface area contributed by atoms with Gasteiger partial charge in [-0.2, -0.15) is 0 Å². The second-order valence-electron chi connectivity index (χ2n) is 4.10. The largest absolute Gasteiger partial charge is 0.321 e. The Morgan fingerprint density at radius 3 is 2.37 bits per heavy atom. The number of benzene rings is 2. The van der Waals surface area contributed by atoms with E-state index in [1.54, 1.807) is 18.2 Å². The van der Waals surface area contributed by atoms with Crippen LogP contribution in [0.1, 0.15) is 15.9 Å². The van der Waals surface area contributed by atoms with Crippen molar-refractivity contribution in [2.24, 2.45) is 0 Å². The number of nitrogens with one attached hydrogen (secondary N) is 1. The Hall–Kier alpha value is -1.03. The Bertz CT molecular complexity index is 623. The van der Waals surface area contributed by atoms with Gasteiger partial charge in [0.1, 0.15) is 0 Å². The lowest BCUT2D eigenvalue weighted by Crippen LogP contribution is -2.12. The van der Waals surface area contributed by atoms with Crippen LogP contribution in [0.25, 0.3) is 0 Å². The third-order valence-electron chi connectivity index (χ3n) is 2.49. The summed E-state index contributed by atoms with van der Waals surface area (Å²) < 4.78 is 0.819. The van der Waals surface area contributed by atoms with Gasteiger partial charge in [-0.25, -0.2) is 0 Å². The summed E-state index contributed by atoms with van der Waals surface area (Å²) in [5, 5.41) is 3.68. The highest BCUT2D eigenvalue weighted by Gasteiger charge is 2.10. The number of anilines is 1. The first kappa shape index (κ1) is 14.4. The number of halogens is 3. The molecular weight excluding hydrogens is 349 g/mol. The number of amides is 1. The number of carbonyl (C=O) groups is 1. The normalized spacial score (nSPS) is 10.3. The molecule has 0 fully saturated rings. The number of carbonyl (C=O) groups excluding carboxylic acids is 1. The molecule has 19 heavy (non-hydrogen) atoms. The molecule has 2 nitrogen and oxygen atoms in total. The highest BCUT2D eigenvalue weighted by Crippen LogP contribution is 2.25. The van der Waals surface area contributed by atoms with Crippen LogP contribution >= 0.6 is 39.1 Å². The predicted octanol–water partition coefficient (Wildman–Crippen LogP) is 5.32. The van der Waals surface area contributed by atoms with Crippen molar-refractivity contribution in [3.63, 3.8) is 0 Å². The summed E-state index contributed by atoms with van der Waals surface area (Å²) in [4.78, 5) is 12.1. The smallest absolute Gasteiger partial charge is 0.255 e. The Balaban J connectivity index is 2.28. The Labute approximate surface area is 129 Å². The van der Waals surface area contributed by atoms with Crippen LogP contribution in [0.5, 0.6) is 0 Å². The molecule has 0 bridgehead atoms. The average molecular weight is 359 g/mol. The second-order valence-corrected chi connectivity index (χ2v) is 5.82. The van der Waals surface area contributed by atoms with Gasteiger partial charge in [-0.3, -0.25) is 4.79 Å². The molecule has 2 aromatic rings. The zero-order chi connectivity index (χ0) is 14.0. The van der Waals surface area contributed by atoms with E-state index in [0.29, 0.717) is 21.3 Å². The molecule has 0 aromatic heterocycles. The van der Waals surface area contributed by atoms with Crippen LogP contribution in [0.4, 0.5) is 5.69 Å². The molecule has 0 unspecified atom stereocenters. The molecule has 98 valence electrons. The summed E-state index contributed by atoms with van der Waals surface area (Å²) in [5.41, 5.74) is 2.19. The molecule has 0 aliphatic rings. The standard InChI is InChI=1S/C14H10BrCl2NO/c1-8-2-3-12(15)13(4-8)18-14(19)9-5-10(16)7-11(17)6-9/h2-7H,1H3,(H,18,19). The van der Waals surface area contributed by atoms with E-state index in [-0.39, 0.29) is 5.91 Å². The first-order valence-corrected chi connectivity index (χ1v) is 7.04. The molecule has 2 rings (SSSR count). The van der Waals surface area contributed by atoms with Gasteiger partial charge < -0.3 is 5.32 Å².